The first-order valence-corrected chi connectivity index (χ1v) is 5.83. The van der Waals surface area contributed by atoms with Gasteiger partial charge >= 0.3 is 11.8 Å². The zero-order chi connectivity index (χ0) is 13.7. The van der Waals surface area contributed by atoms with Gasteiger partial charge in [-0.25, -0.2) is 0 Å². The Balaban J connectivity index is 3.12. The number of amides is 2. The van der Waals surface area contributed by atoms with Crippen molar-refractivity contribution >= 4 is 29.1 Å². The minimum atomic E-state index is -1.03. The van der Waals surface area contributed by atoms with Crippen molar-refractivity contribution in [2.75, 3.05) is 18.1 Å². The van der Waals surface area contributed by atoms with Crippen molar-refractivity contribution in [3.8, 4) is 0 Å². The van der Waals surface area contributed by atoms with Gasteiger partial charge in [0.2, 0.25) is 0 Å². The van der Waals surface area contributed by atoms with E-state index in [2.05, 4.69) is 0 Å². The Bertz CT molecular complexity index is 463. The Labute approximate surface area is 110 Å². The predicted octanol–water partition coefficient (Wildman–Crippen LogP) is 0.849. The molecule has 0 spiro atoms. The van der Waals surface area contributed by atoms with Crippen LogP contribution in [0.5, 0.6) is 0 Å². The highest BCUT2D eigenvalue weighted by atomic mass is 35.5. The molecular formula is C12H15ClN2O3. The Hall–Kier alpha value is -1.59. The molecular weight excluding hydrogens is 256 g/mol. The topological polar surface area (TPSA) is 83.6 Å². The number of aliphatic hydroxyl groups is 1. The third kappa shape index (κ3) is 3.45. The molecule has 1 aromatic carbocycles. The number of halogens is 1. The lowest BCUT2D eigenvalue weighted by Crippen LogP contribution is -2.41. The van der Waals surface area contributed by atoms with Crippen molar-refractivity contribution in [2.45, 2.75) is 13.3 Å². The lowest BCUT2D eigenvalue weighted by Gasteiger charge is -2.23. The van der Waals surface area contributed by atoms with Crippen molar-refractivity contribution in [1.29, 1.82) is 0 Å². The number of anilines is 1. The molecule has 0 heterocycles. The van der Waals surface area contributed by atoms with Crippen LogP contribution in [0.3, 0.4) is 0 Å². The number of nitrogens with zero attached hydrogens (tertiary/aromatic N) is 1. The Morgan fingerprint density at radius 2 is 2.11 bits per heavy atom. The first kappa shape index (κ1) is 14.5. The van der Waals surface area contributed by atoms with Gasteiger partial charge in [0, 0.05) is 23.9 Å². The van der Waals surface area contributed by atoms with E-state index in [-0.39, 0.29) is 13.2 Å². The fourth-order valence-corrected chi connectivity index (χ4v) is 1.73. The van der Waals surface area contributed by atoms with E-state index < -0.39 is 11.8 Å². The number of rotatable bonds is 4. The van der Waals surface area contributed by atoms with Gasteiger partial charge in [0.15, 0.2) is 0 Å². The van der Waals surface area contributed by atoms with E-state index in [1.165, 1.54) is 4.90 Å². The summed E-state index contributed by atoms with van der Waals surface area (Å²) in [6, 6.07) is 5.03. The second-order valence-electron chi connectivity index (χ2n) is 3.83. The molecule has 0 unspecified atom stereocenters. The summed E-state index contributed by atoms with van der Waals surface area (Å²) in [5, 5.41) is 9.29. The molecule has 0 aliphatic rings. The Morgan fingerprint density at radius 1 is 1.44 bits per heavy atom. The second-order valence-corrected chi connectivity index (χ2v) is 4.27. The maximum absolute atomic E-state index is 11.7. The summed E-state index contributed by atoms with van der Waals surface area (Å²) in [4.78, 5) is 24.0. The molecule has 0 fully saturated rings. The second kappa shape index (κ2) is 6.37. The van der Waals surface area contributed by atoms with Crippen LogP contribution in [0, 0.1) is 6.92 Å². The SMILES string of the molecule is Cc1ccc(Cl)cc1N(CCCO)C(=O)C(N)=O. The molecule has 1 aromatic rings. The number of carbonyl (C=O) groups is 2. The van der Waals surface area contributed by atoms with Gasteiger partial charge in [-0.3, -0.25) is 9.59 Å². The van der Waals surface area contributed by atoms with Crippen LogP contribution in [0.2, 0.25) is 5.02 Å². The largest absolute Gasteiger partial charge is 0.396 e. The molecule has 0 atom stereocenters. The molecule has 0 aromatic heterocycles. The minimum absolute atomic E-state index is 0.0812. The lowest BCUT2D eigenvalue weighted by atomic mass is 10.1. The number of primary amides is 1. The fourth-order valence-electron chi connectivity index (χ4n) is 1.57. The van der Waals surface area contributed by atoms with Gasteiger partial charge in [-0.2, -0.15) is 0 Å². The summed E-state index contributed by atoms with van der Waals surface area (Å²) in [5.41, 5.74) is 6.33. The molecule has 2 amide bonds. The quantitative estimate of drug-likeness (QED) is 0.796. The van der Waals surface area contributed by atoms with E-state index >= 15 is 0 Å². The zero-order valence-corrected chi connectivity index (χ0v) is 10.8. The van der Waals surface area contributed by atoms with Gasteiger partial charge in [0.05, 0.1) is 0 Å². The van der Waals surface area contributed by atoms with E-state index in [9.17, 15) is 9.59 Å². The highest BCUT2D eigenvalue weighted by Crippen LogP contribution is 2.24. The summed E-state index contributed by atoms with van der Waals surface area (Å²) in [6.45, 7) is 1.92. The average Bonchev–Trinajstić information content (AvgIpc) is 2.33. The third-order valence-electron chi connectivity index (χ3n) is 2.46. The molecule has 5 nitrogen and oxygen atoms in total. The number of hydrogen-bond acceptors (Lipinski definition) is 3. The van der Waals surface area contributed by atoms with Crippen molar-refractivity contribution in [1.82, 2.24) is 0 Å². The molecule has 0 saturated heterocycles. The van der Waals surface area contributed by atoms with Crippen LogP contribution in [0.4, 0.5) is 5.69 Å². The molecule has 0 saturated carbocycles. The normalized spacial score (nSPS) is 10.2. The van der Waals surface area contributed by atoms with Crippen LogP contribution in [-0.4, -0.2) is 30.1 Å². The van der Waals surface area contributed by atoms with E-state index in [0.29, 0.717) is 17.1 Å². The van der Waals surface area contributed by atoms with Crippen LogP contribution in [0.15, 0.2) is 18.2 Å². The molecule has 3 N–H and O–H groups in total. The molecule has 0 bridgehead atoms. The summed E-state index contributed by atoms with van der Waals surface area (Å²) >= 11 is 5.88. The van der Waals surface area contributed by atoms with Gasteiger partial charge in [-0.15, -0.1) is 0 Å². The maximum atomic E-state index is 11.7. The summed E-state index contributed by atoms with van der Waals surface area (Å²) in [6.07, 6.45) is 0.352. The highest BCUT2D eigenvalue weighted by molar-refractivity contribution is 6.40. The van der Waals surface area contributed by atoms with Crippen LogP contribution in [-0.2, 0) is 9.59 Å². The van der Waals surface area contributed by atoms with Gasteiger partial charge in [0.25, 0.3) is 0 Å². The van der Waals surface area contributed by atoms with Crippen LogP contribution >= 0.6 is 11.6 Å². The average molecular weight is 271 g/mol. The first-order valence-electron chi connectivity index (χ1n) is 5.45. The Morgan fingerprint density at radius 3 is 2.67 bits per heavy atom. The number of nitrogens with two attached hydrogens (primary N) is 1. The number of aliphatic hydroxyl groups excluding tert-OH is 1. The van der Waals surface area contributed by atoms with Crippen molar-refractivity contribution < 1.29 is 14.7 Å². The fraction of sp³-hybridized carbons (Fsp3) is 0.333. The number of hydrogen-bond donors (Lipinski definition) is 2. The van der Waals surface area contributed by atoms with Crippen molar-refractivity contribution in [3.05, 3.63) is 28.8 Å². The molecule has 0 aliphatic carbocycles. The van der Waals surface area contributed by atoms with Crippen LogP contribution in [0.1, 0.15) is 12.0 Å². The number of aryl methyl sites for hydroxylation is 1. The molecule has 0 radical (unpaired) electrons. The van der Waals surface area contributed by atoms with E-state index in [1.54, 1.807) is 25.1 Å². The number of carbonyl (C=O) groups excluding carboxylic acids is 2. The minimum Gasteiger partial charge on any atom is -0.396 e. The molecule has 1 rings (SSSR count). The zero-order valence-electron chi connectivity index (χ0n) is 10.0. The first-order chi connectivity index (χ1) is 8.47. The standard InChI is InChI=1S/C12H15ClN2O3/c1-8-3-4-9(13)7-10(8)15(5-2-6-16)12(18)11(14)17/h3-4,7,16H,2,5-6H2,1H3,(H2,14,17). The van der Waals surface area contributed by atoms with E-state index in [0.717, 1.165) is 5.56 Å². The Kier molecular flexibility index (Phi) is 5.12. The van der Waals surface area contributed by atoms with Crippen LogP contribution < -0.4 is 10.6 Å². The summed E-state index contributed by atoms with van der Waals surface area (Å²) in [5.74, 6) is -1.85. The monoisotopic (exact) mass is 270 g/mol. The van der Waals surface area contributed by atoms with Gasteiger partial charge in [-0.1, -0.05) is 17.7 Å². The van der Waals surface area contributed by atoms with E-state index in [1.807, 2.05) is 0 Å². The smallest absolute Gasteiger partial charge is 0.316 e. The third-order valence-corrected chi connectivity index (χ3v) is 2.69. The molecule has 98 valence electrons. The highest BCUT2D eigenvalue weighted by Gasteiger charge is 2.21. The van der Waals surface area contributed by atoms with Crippen molar-refractivity contribution in [3.63, 3.8) is 0 Å². The lowest BCUT2D eigenvalue weighted by molar-refractivity contribution is -0.135. The maximum Gasteiger partial charge on any atom is 0.316 e. The van der Waals surface area contributed by atoms with E-state index in [4.69, 9.17) is 22.4 Å². The molecule has 6 heteroatoms. The van der Waals surface area contributed by atoms with Crippen LogP contribution in [0.25, 0.3) is 0 Å². The van der Waals surface area contributed by atoms with Gasteiger partial charge in [0.1, 0.15) is 0 Å². The van der Waals surface area contributed by atoms with Gasteiger partial charge < -0.3 is 15.7 Å². The molecule has 0 aliphatic heterocycles. The van der Waals surface area contributed by atoms with Gasteiger partial charge in [-0.05, 0) is 31.0 Å². The van der Waals surface area contributed by atoms with Crippen molar-refractivity contribution in [2.24, 2.45) is 5.73 Å². The summed E-state index contributed by atoms with van der Waals surface area (Å²) < 4.78 is 0. The molecule has 18 heavy (non-hydrogen) atoms. The number of benzene rings is 1. The predicted molar refractivity (Wildman–Crippen MR) is 69.4 cm³/mol. The summed E-state index contributed by atoms with van der Waals surface area (Å²) in [7, 11) is 0.